The maximum Gasteiger partial charge on any atom is 0.410 e. The summed E-state index contributed by atoms with van der Waals surface area (Å²) in [6, 6.07) is 14.0. The Hall–Kier alpha value is -3.07. The molecule has 1 aromatic heterocycles. The van der Waals surface area contributed by atoms with Crippen molar-refractivity contribution in [3.8, 4) is 17.2 Å². The third-order valence-electron chi connectivity index (χ3n) is 4.37. The van der Waals surface area contributed by atoms with Crippen LogP contribution in [0.25, 0.3) is 11.1 Å². The van der Waals surface area contributed by atoms with Gasteiger partial charge in [0.15, 0.2) is 0 Å². The van der Waals surface area contributed by atoms with Crippen LogP contribution in [-0.2, 0) is 4.74 Å². The van der Waals surface area contributed by atoms with Crippen LogP contribution in [0.5, 0.6) is 0 Å². The number of carbonyl (C=O) groups excluding carboxylic acids is 1. The molecule has 1 fully saturated rings. The van der Waals surface area contributed by atoms with Crippen molar-refractivity contribution in [2.45, 2.75) is 26.4 Å². The van der Waals surface area contributed by atoms with E-state index in [2.05, 4.69) is 28.1 Å². The summed E-state index contributed by atoms with van der Waals surface area (Å²) in [5.74, 6) is 0. The second-order valence-corrected chi connectivity index (χ2v) is 7.54. The van der Waals surface area contributed by atoms with Gasteiger partial charge in [-0.1, -0.05) is 12.1 Å². The number of rotatable bonds is 2. The molecule has 1 aliphatic rings. The molecule has 2 heterocycles. The van der Waals surface area contributed by atoms with E-state index in [1.165, 1.54) is 0 Å². The van der Waals surface area contributed by atoms with Gasteiger partial charge in [-0.25, -0.2) is 9.78 Å². The van der Waals surface area contributed by atoms with Gasteiger partial charge in [0.05, 0.1) is 0 Å². The predicted octanol–water partition coefficient (Wildman–Crippen LogP) is 3.68. The minimum absolute atomic E-state index is 0.247. The van der Waals surface area contributed by atoms with E-state index >= 15 is 0 Å². The summed E-state index contributed by atoms with van der Waals surface area (Å²) in [6.45, 7) is 8.47. The number of carbonyl (C=O) groups is 1. The molecule has 6 heteroatoms. The highest BCUT2D eigenvalue weighted by molar-refractivity contribution is 5.69. The SMILES string of the molecule is CC(C)(C)OC(=O)N1CCN(c2ccc(-c3ccnc(C#N)c3)cc2)CC1. The molecule has 1 aliphatic heterocycles. The summed E-state index contributed by atoms with van der Waals surface area (Å²) < 4.78 is 5.44. The monoisotopic (exact) mass is 364 g/mol. The number of hydrogen-bond donors (Lipinski definition) is 0. The Morgan fingerprint density at radius 2 is 1.74 bits per heavy atom. The number of nitrogens with zero attached hydrogens (tertiary/aromatic N) is 4. The lowest BCUT2D eigenvalue weighted by Crippen LogP contribution is -2.50. The van der Waals surface area contributed by atoms with Gasteiger partial charge in [0.1, 0.15) is 17.4 Å². The number of ether oxygens (including phenoxy) is 1. The Morgan fingerprint density at radius 3 is 2.33 bits per heavy atom. The van der Waals surface area contributed by atoms with E-state index in [0.29, 0.717) is 18.8 Å². The van der Waals surface area contributed by atoms with Crippen LogP contribution in [0.4, 0.5) is 10.5 Å². The Labute approximate surface area is 160 Å². The summed E-state index contributed by atoms with van der Waals surface area (Å²) in [5, 5.41) is 8.99. The molecule has 0 radical (unpaired) electrons. The number of nitriles is 1. The summed E-state index contributed by atoms with van der Waals surface area (Å²) >= 11 is 0. The lowest BCUT2D eigenvalue weighted by molar-refractivity contribution is 0.0240. The van der Waals surface area contributed by atoms with Gasteiger partial charge in [-0.15, -0.1) is 0 Å². The molecule has 0 atom stereocenters. The van der Waals surface area contributed by atoms with Gasteiger partial charge >= 0.3 is 6.09 Å². The van der Waals surface area contributed by atoms with E-state index in [1.807, 2.05) is 39.0 Å². The number of hydrogen-bond acceptors (Lipinski definition) is 5. The van der Waals surface area contributed by atoms with Crippen LogP contribution in [-0.4, -0.2) is 47.8 Å². The molecule has 140 valence electrons. The quantitative estimate of drug-likeness (QED) is 0.813. The van der Waals surface area contributed by atoms with Gasteiger partial charge in [0, 0.05) is 38.1 Å². The fourth-order valence-corrected chi connectivity index (χ4v) is 3.01. The van der Waals surface area contributed by atoms with Crippen molar-refractivity contribution in [1.29, 1.82) is 5.26 Å². The molecule has 1 saturated heterocycles. The molecule has 3 rings (SSSR count). The van der Waals surface area contributed by atoms with Crippen LogP contribution in [0.3, 0.4) is 0 Å². The highest BCUT2D eigenvalue weighted by Crippen LogP contribution is 2.24. The number of pyridine rings is 1. The van der Waals surface area contributed by atoms with Crippen LogP contribution >= 0.6 is 0 Å². The topological polar surface area (TPSA) is 69.5 Å². The number of amides is 1. The fraction of sp³-hybridized carbons (Fsp3) is 0.381. The largest absolute Gasteiger partial charge is 0.444 e. The molecule has 0 spiro atoms. The average molecular weight is 364 g/mol. The van der Waals surface area contributed by atoms with Crippen LogP contribution in [0.15, 0.2) is 42.6 Å². The Bertz CT molecular complexity index is 842. The van der Waals surface area contributed by atoms with Crippen molar-refractivity contribution in [1.82, 2.24) is 9.88 Å². The molecule has 2 aromatic rings. The van der Waals surface area contributed by atoms with E-state index < -0.39 is 5.60 Å². The van der Waals surface area contributed by atoms with Crippen molar-refractivity contribution in [2.24, 2.45) is 0 Å². The van der Waals surface area contributed by atoms with Gasteiger partial charge in [0.2, 0.25) is 0 Å². The van der Waals surface area contributed by atoms with Crippen molar-refractivity contribution >= 4 is 11.8 Å². The van der Waals surface area contributed by atoms with Gasteiger partial charge in [-0.05, 0) is 56.2 Å². The van der Waals surface area contributed by atoms with E-state index in [0.717, 1.165) is 29.9 Å². The standard InChI is InChI=1S/C21H24N4O2/c1-21(2,3)27-20(26)25-12-10-24(11-13-25)19-6-4-16(5-7-19)17-8-9-23-18(14-17)15-22/h4-9,14H,10-13H2,1-3H3. The van der Waals surface area contributed by atoms with Crippen molar-refractivity contribution < 1.29 is 9.53 Å². The molecule has 1 amide bonds. The molecule has 0 aliphatic carbocycles. The first kappa shape index (κ1) is 18.7. The summed E-state index contributed by atoms with van der Waals surface area (Å²) in [7, 11) is 0. The Balaban J connectivity index is 1.62. The zero-order valence-electron chi connectivity index (χ0n) is 16.0. The molecular formula is C21H24N4O2. The van der Waals surface area contributed by atoms with E-state index in [-0.39, 0.29) is 6.09 Å². The average Bonchev–Trinajstić information content (AvgIpc) is 2.67. The molecule has 0 saturated carbocycles. The maximum absolute atomic E-state index is 12.2. The van der Waals surface area contributed by atoms with Gasteiger partial charge < -0.3 is 14.5 Å². The molecular weight excluding hydrogens is 340 g/mol. The highest BCUT2D eigenvalue weighted by atomic mass is 16.6. The minimum Gasteiger partial charge on any atom is -0.444 e. The zero-order chi connectivity index (χ0) is 19.4. The fourth-order valence-electron chi connectivity index (χ4n) is 3.01. The van der Waals surface area contributed by atoms with Crippen molar-refractivity contribution in [3.05, 3.63) is 48.3 Å². The summed E-state index contributed by atoms with van der Waals surface area (Å²) in [6.07, 6.45) is 1.40. The normalized spacial score (nSPS) is 14.6. The van der Waals surface area contributed by atoms with Crippen LogP contribution in [0, 0.1) is 11.3 Å². The van der Waals surface area contributed by atoms with E-state index in [1.54, 1.807) is 17.2 Å². The molecule has 6 nitrogen and oxygen atoms in total. The summed E-state index contributed by atoms with van der Waals surface area (Å²) in [5.41, 5.74) is 3.09. The predicted molar refractivity (Wildman–Crippen MR) is 104 cm³/mol. The maximum atomic E-state index is 12.2. The lowest BCUT2D eigenvalue weighted by Gasteiger charge is -2.36. The molecule has 27 heavy (non-hydrogen) atoms. The van der Waals surface area contributed by atoms with Crippen molar-refractivity contribution in [3.63, 3.8) is 0 Å². The third kappa shape index (κ3) is 4.76. The second kappa shape index (κ2) is 7.67. The van der Waals surface area contributed by atoms with Crippen LogP contribution in [0.1, 0.15) is 26.5 Å². The number of benzene rings is 1. The molecule has 1 aromatic carbocycles. The van der Waals surface area contributed by atoms with Crippen LogP contribution < -0.4 is 4.90 Å². The van der Waals surface area contributed by atoms with E-state index in [4.69, 9.17) is 10.00 Å². The Kier molecular flexibility index (Phi) is 5.31. The number of anilines is 1. The number of piperazine rings is 1. The first-order chi connectivity index (χ1) is 12.9. The smallest absolute Gasteiger partial charge is 0.410 e. The third-order valence-corrected chi connectivity index (χ3v) is 4.37. The Morgan fingerprint density at radius 1 is 1.07 bits per heavy atom. The summed E-state index contributed by atoms with van der Waals surface area (Å²) in [4.78, 5) is 20.2. The molecule has 0 bridgehead atoms. The van der Waals surface area contributed by atoms with Gasteiger partial charge in [-0.2, -0.15) is 5.26 Å². The lowest BCUT2D eigenvalue weighted by atomic mass is 10.1. The molecule has 0 N–H and O–H groups in total. The van der Waals surface area contributed by atoms with Gasteiger partial charge in [0.25, 0.3) is 0 Å². The zero-order valence-corrected chi connectivity index (χ0v) is 16.0. The second-order valence-electron chi connectivity index (χ2n) is 7.54. The van der Waals surface area contributed by atoms with E-state index in [9.17, 15) is 4.79 Å². The highest BCUT2D eigenvalue weighted by Gasteiger charge is 2.25. The van der Waals surface area contributed by atoms with Crippen molar-refractivity contribution in [2.75, 3.05) is 31.1 Å². The number of aromatic nitrogens is 1. The first-order valence-electron chi connectivity index (χ1n) is 9.05. The molecule has 0 unspecified atom stereocenters. The van der Waals surface area contributed by atoms with Crippen LogP contribution in [0.2, 0.25) is 0 Å². The first-order valence-corrected chi connectivity index (χ1v) is 9.05. The van der Waals surface area contributed by atoms with Gasteiger partial charge in [-0.3, -0.25) is 0 Å². The minimum atomic E-state index is -0.470.